The molecule has 3 saturated heterocycles. The van der Waals surface area contributed by atoms with Crippen LogP contribution >= 0.6 is 0 Å². The van der Waals surface area contributed by atoms with Gasteiger partial charge in [-0.05, 0) is 86.7 Å². The van der Waals surface area contributed by atoms with Crippen molar-refractivity contribution in [3.8, 4) is 22.8 Å². The van der Waals surface area contributed by atoms with Crippen molar-refractivity contribution in [2.24, 2.45) is 0 Å². The van der Waals surface area contributed by atoms with Gasteiger partial charge in [-0.15, -0.1) is 15.3 Å². The van der Waals surface area contributed by atoms with Gasteiger partial charge in [-0.3, -0.25) is 38.9 Å². The molecule has 0 bridgehead atoms. The highest BCUT2D eigenvalue weighted by atomic mass is 19.1. The van der Waals surface area contributed by atoms with Gasteiger partial charge in [0.2, 0.25) is 17.7 Å². The van der Waals surface area contributed by atoms with E-state index < -0.39 is 35.5 Å². The fourth-order valence-corrected chi connectivity index (χ4v) is 9.73. The molecule has 0 spiro atoms. The predicted octanol–water partition coefficient (Wildman–Crippen LogP) is 5.46. The van der Waals surface area contributed by atoms with Gasteiger partial charge in [0.1, 0.15) is 29.4 Å². The Morgan fingerprint density at radius 1 is 0.843 bits per heavy atom. The lowest BCUT2D eigenvalue weighted by atomic mass is 10.0. The number of halogens is 1. The third kappa shape index (κ3) is 10.3. The Kier molecular flexibility index (Phi) is 14.2. The number of aryl methyl sites for hydroxylation is 1. The number of fused-ring (bicyclic) bond motifs is 1. The Morgan fingerprint density at radius 2 is 1.59 bits per heavy atom. The Morgan fingerprint density at radius 3 is 2.36 bits per heavy atom. The number of benzene rings is 3. The maximum atomic E-state index is 13.9. The van der Waals surface area contributed by atoms with Gasteiger partial charge in [0.15, 0.2) is 17.4 Å². The number of aromatic nitrogens is 5. The van der Waals surface area contributed by atoms with Crippen molar-refractivity contribution in [2.75, 3.05) is 66.7 Å². The highest BCUT2D eigenvalue weighted by molar-refractivity contribution is 6.25. The van der Waals surface area contributed by atoms with E-state index in [9.17, 15) is 33.5 Å². The summed E-state index contributed by atoms with van der Waals surface area (Å²) in [5, 5.41) is 29.1. The molecular formula is C50H57FN12O7. The summed E-state index contributed by atoms with van der Waals surface area (Å²) in [6.07, 6.45) is 9.89. The van der Waals surface area contributed by atoms with Gasteiger partial charge in [0.25, 0.3) is 11.8 Å². The molecule has 366 valence electrons. The lowest BCUT2D eigenvalue weighted by Gasteiger charge is -2.37. The molecule has 5 aromatic rings. The summed E-state index contributed by atoms with van der Waals surface area (Å²) in [5.74, 6) is -1.67. The highest BCUT2D eigenvalue weighted by Crippen LogP contribution is 2.37. The Labute approximate surface area is 404 Å². The third-order valence-electron chi connectivity index (χ3n) is 13.6. The third-order valence-corrected chi connectivity index (χ3v) is 13.6. The molecule has 3 fully saturated rings. The van der Waals surface area contributed by atoms with E-state index in [1.54, 1.807) is 47.1 Å². The van der Waals surface area contributed by atoms with Crippen molar-refractivity contribution in [3.05, 3.63) is 89.9 Å². The second-order valence-electron chi connectivity index (χ2n) is 18.3. The number of nitrogen functional groups attached to an aromatic ring is 1. The molecule has 4 N–H and O–H groups in total. The minimum Gasteiger partial charge on any atom is -0.507 e. The average molecular weight is 957 g/mol. The Bertz CT molecular complexity index is 2760. The molecule has 20 heteroatoms. The van der Waals surface area contributed by atoms with E-state index >= 15 is 0 Å². The van der Waals surface area contributed by atoms with Crippen LogP contribution in [0.3, 0.4) is 0 Å². The number of hydrogen-bond acceptors (Lipinski definition) is 15. The number of hydrogen-bond donors (Lipinski definition) is 3. The number of anilines is 5. The molecule has 70 heavy (non-hydrogen) atoms. The molecule has 2 atom stereocenters. The van der Waals surface area contributed by atoms with Crippen LogP contribution in [-0.2, 0) is 20.9 Å². The number of nitrogens with two attached hydrogens (primary N) is 1. The maximum Gasteiger partial charge on any atom is 0.264 e. The van der Waals surface area contributed by atoms with E-state index in [2.05, 4.69) is 59.9 Å². The number of carbonyl (C=O) groups excluding carboxylic acids is 5. The number of piperidine rings is 2. The zero-order valence-electron chi connectivity index (χ0n) is 39.1. The fourth-order valence-electron chi connectivity index (χ4n) is 9.73. The number of piperazine rings is 1. The van der Waals surface area contributed by atoms with Crippen LogP contribution in [0.4, 0.5) is 33.1 Å². The first-order chi connectivity index (χ1) is 33.9. The van der Waals surface area contributed by atoms with Crippen LogP contribution in [0, 0.1) is 5.82 Å². The molecule has 4 aliphatic rings. The number of phenolic OH excluding ortho intramolecular Hbond substituents is 1. The van der Waals surface area contributed by atoms with E-state index in [1.165, 1.54) is 18.2 Å². The quantitative estimate of drug-likeness (QED) is 0.0778. The monoisotopic (exact) mass is 956 g/mol. The molecule has 6 heterocycles. The molecule has 2 unspecified atom stereocenters. The smallest absolute Gasteiger partial charge is 0.264 e. The van der Waals surface area contributed by atoms with Crippen LogP contribution in [-0.4, -0.2) is 128 Å². The first-order valence-electron chi connectivity index (χ1n) is 24.1. The van der Waals surface area contributed by atoms with Gasteiger partial charge in [0.05, 0.1) is 29.6 Å². The topological polar surface area (TPSA) is 226 Å². The summed E-state index contributed by atoms with van der Waals surface area (Å²) >= 11 is 0. The molecule has 0 saturated carbocycles. The van der Waals surface area contributed by atoms with Crippen LogP contribution in [0.25, 0.3) is 11.3 Å². The summed E-state index contributed by atoms with van der Waals surface area (Å²) in [4.78, 5) is 73.5. The van der Waals surface area contributed by atoms with E-state index in [-0.39, 0.29) is 58.8 Å². The van der Waals surface area contributed by atoms with Gasteiger partial charge < -0.3 is 35.2 Å². The normalized spacial score (nSPS) is 18.3. The van der Waals surface area contributed by atoms with Gasteiger partial charge >= 0.3 is 0 Å². The van der Waals surface area contributed by atoms with Crippen molar-refractivity contribution >= 4 is 58.2 Å². The van der Waals surface area contributed by atoms with Gasteiger partial charge in [-0.1, -0.05) is 37.0 Å². The van der Waals surface area contributed by atoms with Crippen LogP contribution in [0.5, 0.6) is 11.5 Å². The number of phenols is 1. The molecule has 5 amide bonds. The zero-order chi connectivity index (χ0) is 48.9. The summed E-state index contributed by atoms with van der Waals surface area (Å²) in [5.41, 5.74) is 9.65. The van der Waals surface area contributed by atoms with Crippen molar-refractivity contribution in [3.63, 3.8) is 0 Å². The lowest BCUT2D eigenvalue weighted by Crippen LogP contribution is -2.54. The van der Waals surface area contributed by atoms with Gasteiger partial charge in [0, 0.05) is 82.2 Å². The second-order valence-corrected chi connectivity index (χ2v) is 18.3. The van der Waals surface area contributed by atoms with Crippen molar-refractivity contribution < 1.29 is 38.2 Å². The highest BCUT2D eigenvalue weighted by Gasteiger charge is 2.46. The summed E-state index contributed by atoms with van der Waals surface area (Å²) in [6.45, 7) is 5.10. The minimum atomic E-state index is -1.05. The van der Waals surface area contributed by atoms with E-state index in [4.69, 9.17) is 10.5 Å². The fraction of sp³-hybridized carbons (Fsp3) is 0.420. The Balaban J connectivity index is 0.658. The van der Waals surface area contributed by atoms with Crippen molar-refractivity contribution in [1.29, 1.82) is 0 Å². The largest absolute Gasteiger partial charge is 0.507 e. The van der Waals surface area contributed by atoms with Crippen molar-refractivity contribution in [2.45, 2.75) is 89.3 Å². The molecule has 0 aliphatic carbocycles. The zero-order valence-corrected chi connectivity index (χ0v) is 39.1. The standard InChI is InChI=1S/C50H57FN12O7/c1-58(39-12-8-11-36-46(39)50(69)63(49(36)68)40-19-21-44(65)53-48(40)67)43-31-62(57-55-43)23-7-5-3-2-4-6-13-45(66)60-26-24-59(25-27-60)33-15-17-34(18-16-33)61-22-9-10-35(30-61)70-42-29-38(54-56-47(42)52)37-28-32(51)14-20-41(37)64/h8,11-12,14-18,20,28-29,31,35,40,64H,2-7,9-10,13,19,21-27,30H2,1H3,(H2,52,56)(H,53,65,67). The molecular weight excluding hydrogens is 900 g/mol. The molecule has 2 aromatic heterocycles. The predicted molar refractivity (Wildman–Crippen MR) is 258 cm³/mol. The number of imide groups is 2. The minimum absolute atomic E-state index is 0.0483. The maximum absolute atomic E-state index is 13.9. The van der Waals surface area contributed by atoms with Gasteiger partial charge in [-0.25, -0.2) is 4.39 Å². The molecule has 4 aliphatic heterocycles. The average Bonchev–Trinajstić information content (AvgIpc) is 3.95. The van der Waals surface area contributed by atoms with Crippen LogP contribution in [0.15, 0.2) is 72.9 Å². The Hall–Kier alpha value is -7.64. The summed E-state index contributed by atoms with van der Waals surface area (Å²) in [6, 6.07) is 17.7. The summed E-state index contributed by atoms with van der Waals surface area (Å²) in [7, 11) is 1.75. The van der Waals surface area contributed by atoms with Crippen LogP contribution in [0.1, 0.15) is 91.3 Å². The number of aromatic hydroxyl groups is 1. The first-order valence-corrected chi connectivity index (χ1v) is 24.1. The number of nitrogens with one attached hydrogen (secondary N) is 1. The number of ether oxygens (including phenoxy) is 1. The van der Waals surface area contributed by atoms with Crippen molar-refractivity contribution in [1.82, 2.24) is 40.3 Å². The first kappa shape index (κ1) is 47.4. The number of amides is 5. The molecule has 9 rings (SSSR count). The second kappa shape index (κ2) is 20.9. The summed E-state index contributed by atoms with van der Waals surface area (Å²) < 4.78 is 22.0. The van der Waals surface area contributed by atoms with E-state index in [1.807, 2.05) is 4.90 Å². The molecule has 3 aromatic carbocycles. The van der Waals surface area contributed by atoms with Crippen LogP contribution in [0.2, 0.25) is 0 Å². The number of unbranched alkanes of at least 4 members (excludes halogenated alkanes) is 5. The van der Waals surface area contributed by atoms with Crippen LogP contribution < -0.4 is 30.5 Å². The SMILES string of the molecule is CN(c1cn(CCCCCCCCC(=O)N2CCN(c3ccc(N4CCCC(Oc5cc(-c6cc(F)ccc6O)nnc5N)C4)cc3)CC2)nn1)c1cccc2c1C(=O)N(C1CCC(=O)NC1=O)C2=O. The van der Waals surface area contributed by atoms with Gasteiger partial charge in [-0.2, -0.15) is 0 Å². The lowest BCUT2D eigenvalue weighted by molar-refractivity contribution is -0.136. The number of rotatable bonds is 17. The molecule has 19 nitrogen and oxygen atoms in total. The number of carbonyl (C=O) groups is 5. The number of nitrogens with zero attached hydrogens (tertiary/aromatic N) is 10. The van der Waals surface area contributed by atoms with E-state index in [0.717, 1.165) is 87.3 Å². The molecule has 0 radical (unpaired) electrons. The van der Waals surface area contributed by atoms with E-state index in [0.29, 0.717) is 49.9 Å².